The number of nitrogens with zero attached hydrogens (tertiary/aromatic N) is 1. The van der Waals surface area contributed by atoms with E-state index in [2.05, 4.69) is 15.9 Å². The number of pyridine rings is 1. The van der Waals surface area contributed by atoms with E-state index in [0.717, 1.165) is 38.8 Å². The van der Waals surface area contributed by atoms with Crippen molar-refractivity contribution >= 4 is 38.4 Å². The number of hydrogen-bond acceptors (Lipinski definition) is 3. The zero-order valence-corrected chi connectivity index (χ0v) is 12.1. The van der Waals surface area contributed by atoms with Crippen molar-refractivity contribution in [2.24, 2.45) is 0 Å². The van der Waals surface area contributed by atoms with Crippen molar-refractivity contribution in [2.45, 2.75) is 13.0 Å². The van der Waals surface area contributed by atoms with Crippen molar-refractivity contribution in [3.63, 3.8) is 0 Å². The first kappa shape index (κ1) is 12.2. The summed E-state index contributed by atoms with van der Waals surface area (Å²) in [5.74, 6) is 0.735. The maximum atomic E-state index is 6.49. The summed E-state index contributed by atoms with van der Waals surface area (Å²) in [6, 6.07) is 3.81. The van der Waals surface area contributed by atoms with Crippen LogP contribution < -0.4 is 4.74 Å². The normalized spacial score (nSPS) is 14.6. The molecule has 0 atom stereocenters. The first-order valence-electron chi connectivity index (χ1n) is 5.63. The Kier molecular flexibility index (Phi) is 3.18. The van der Waals surface area contributed by atoms with E-state index in [4.69, 9.17) is 26.1 Å². The monoisotopic (exact) mass is 327 g/mol. The van der Waals surface area contributed by atoms with Crippen molar-refractivity contribution < 1.29 is 9.47 Å². The van der Waals surface area contributed by atoms with E-state index in [1.54, 1.807) is 7.11 Å². The topological polar surface area (TPSA) is 31.4 Å². The van der Waals surface area contributed by atoms with Crippen molar-refractivity contribution in [2.75, 3.05) is 13.7 Å². The third-order valence-corrected chi connectivity index (χ3v) is 4.18. The smallest absolute Gasteiger partial charge is 0.129 e. The average molecular weight is 329 g/mol. The molecule has 94 valence electrons. The van der Waals surface area contributed by atoms with Crippen LogP contribution in [0.4, 0.5) is 0 Å². The molecule has 0 saturated carbocycles. The Morgan fingerprint density at radius 3 is 3.06 bits per heavy atom. The molecule has 5 heteroatoms. The number of halogens is 2. The summed E-state index contributed by atoms with van der Waals surface area (Å²) in [4.78, 5) is 4.69. The zero-order valence-electron chi connectivity index (χ0n) is 9.80. The van der Waals surface area contributed by atoms with Crippen molar-refractivity contribution in [3.8, 4) is 5.75 Å². The van der Waals surface area contributed by atoms with Gasteiger partial charge >= 0.3 is 0 Å². The van der Waals surface area contributed by atoms with Gasteiger partial charge in [-0.15, -0.1) is 0 Å². The minimum Gasteiger partial charge on any atom is -0.496 e. The van der Waals surface area contributed by atoms with Crippen LogP contribution in [0, 0.1) is 0 Å². The second-order valence-corrected chi connectivity index (χ2v) is 5.36. The van der Waals surface area contributed by atoms with Gasteiger partial charge in [-0.2, -0.15) is 0 Å². The van der Waals surface area contributed by atoms with Crippen LogP contribution in [-0.2, 0) is 17.8 Å². The molecule has 3 nitrogen and oxygen atoms in total. The standard InChI is InChI=1S/C13H11BrClNO2/c1-17-10-3-2-8(14)13-11(10)12(15)7-6-18-5-4-9(7)16-13/h2-3H,4-6H2,1H3. The second-order valence-electron chi connectivity index (χ2n) is 4.13. The Labute approximate surface area is 118 Å². The van der Waals surface area contributed by atoms with E-state index in [0.29, 0.717) is 18.2 Å². The van der Waals surface area contributed by atoms with Gasteiger partial charge in [0.1, 0.15) is 5.75 Å². The minimum absolute atomic E-state index is 0.521. The maximum absolute atomic E-state index is 6.49. The molecule has 3 rings (SSSR count). The molecule has 1 aliphatic heterocycles. The van der Waals surface area contributed by atoms with E-state index < -0.39 is 0 Å². The molecule has 0 fully saturated rings. The van der Waals surface area contributed by atoms with Gasteiger partial charge < -0.3 is 9.47 Å². The minimum atomic E-state index is 0.521. The van der Waals surface area contributed by atoms with Gasteiger partial charge in [0.15, 0.2) is 0 Å². The highest BCUT2D eigenvalue weighted by molar-refractivity contribution is 9.10. The SMILES string of the molecule is COc1ccc(Br)c2nc3c(c(Cl)c12)COCC3. The summed E-state index contributed by atoms with van der Waals surface area (Å²) in [7, 11) is 1.63. The molecule has 2 aromatic rings. The van der Waals surface area contributed by atoms with Crippen LogP contribution in [0.1, 0.15) is 11.3 Å². The molecule has 0 N–H and O–H groups in total. The molecule has 0 radical (unpaired) electrons. The van der Waals surface area contributed by atoms with Crippen LogP contribution in [0.15, 0.2) is 16.6 Å². The fourth-order valence-corrected chi connectivity index (χ4v) is 2.98. The Morgan fingerprint density at radius 2 is 2.28 bits per heavy atom. The van der Waals surface area contributed by atoms with E-state index in [-0.39, 0.29) is 0 Å². The van der Waals surface area contributed by atoms with Crippen LogP contribution >= 0.6 is 27.5 Å². The molecule has 0 unspecified atom stereocenters. The molecule has 0 spiro atoms. The van der Waals surface area contributed by atoms with Gasteiger partial charge in [-0.1, -0.05) is 11.6 Å². The molecule has 1 aromatic carbocycles. The number of benzene rings is 1. The third kappa shape index (κ3) is 1.79. The second kappa shape index (κ2) is 4.68. The number of methoxy groups -OCH3 is 1. The first-order valence-corrected chi connectivity index (χ1v) is 6.80. The van der Waals surface area contributed by atoms with Gasteiger partial charge in [-0.3, -0.25) is 4.98 Å². The van der Waals surface area contributed by atoms with Crippen LogP contribution in [0.25, 0.3) is 10.9 Å². The maximum Gasteiger partial charge on any atom is 0.129 e. The van der Waals surface area contributed by atoms with Crippen LogP contribution in [0.3, 0.4) is 0 Å². The molecule has 2 heterocycles. The predicted molar refractivity (Wildman–Crippen MR) is 74.4 cm³/mol. The van der Waals surface area contributed by atoms with Crippen LogP contribution in [-0.4, -0.2) is 18.7 Å². The summed E-state index contributed by atoms with van der Waals surface area (Å²) in [6.07, 6.45) is 0.800. The van der Waals surface area contributed by atoms with Crippen LogP contribution in [0.2, 0.25) is 5.02 Å². The molecular weight excluding hydrogens is 318 g/mol. The van der Waals surface area contributed by atoms with Gasteiger partial charge in [0.25, 0.3) is 0 Å². The fourth-order valence-electron chi connectivity index (χ4n) is 2.22. The quantitative estimate of drug-likeness (QED) is 0.799. The summed E-state index contributed by atoms with van der Waals surface area (Å²) in [5.41, 5.74) is 2.85. The highest BCUT2D eigenvalue weighted by Crippen LogP contribution is 2.39. The molecule has 0 aliphatic carbocycles. The largest absolute Gasteiger partial charge is 0.496 e. The Hall–Kier alpha value is -0.840. The Balaban J connectivity index is 2.41. The van der Waals surface area contributed by atoms with Gasteiger partial charge in [0.2, 0.25) is 0 Å². The van der Waals surface area contributed by atoms with Gasteiger partial charge in [-0.05, 0) is 28.1 Å². The molecule has 1 aromatic heterocycles. The lowest BCUT2D eigenvalue weighted by Gasteiger charge is -2.19. The van der Waals surface area contributed by atoms with E-state index >= 15 is 0 Å². The number of fused-ring (bicyclic) bond motifs is 2. The molecule has 0 amide bonds. The lowest BCUT2D eigenvalue weighted by atomic mass is 10.1. The van der Waals surface area contributed by atoms with Gasteiger partial charge in [-0.25, -0.2) is 0 Å². The lowest BCUT2D eigenvalue weighted by Crippen LogP contribution is -2.13. The van der Waals surface area contributed by atoms with Crippen molar-refractivity contribution in [3.05, 3.63) is 32.9 Å². The van der Waals surface area contributed by atoms with Crippen LogP contribution in [0.5, 0.6) is 5.75 Å². The summed E-state index contributed by atoms with van der Waals surface area (Å²) >= 11 is 10.0. The molecule has 1 aliphatic rings. The number of hydrogen-bond donors (Lipinski definition) is 0. The van der Waals surface area contributed by atoms with Gasteiger partial charge in [0.05, 0.1) is 41.9 Å². The Bertz CT molecular complexity index is 630. The van der Waals surface area contributed by atoms with E-state index in [1.807, 2.05) is 12.1 Å². The van der Waals surface area contributed by atoms with Crippen molar-refractivity contribution in [1.82, 2.24) is 4.98 Å². The number of ether oxygens (including phenoxy) is 2. The zero-order chi connectivity index (χ0) is 12.7. The summed E-state index contributed by atoms with van der Waals surface area (Å²) < 4.78 is 11.7. The molecular formula is C13H11BrClNO2. The number of aromatic nitrogens is 1. The lowest BCUT2D eigenvalue weighted by molar-refractivity contribution is 0.109. The van der Waals surface area contributed by atoms with E-state index in [1.165, 1.54) is 0 Å². The average Bonchev–Trinajstić information content (AvgIpc) is 2.40. The highest BCUT2D eigenvalue weighted by atomic mass is 79.9. The predicted octanol–water partition coefficient (Wildman–Crippen LogP) is 3.73. The van der Waals surface area contributed by atoms with E-state index in [9.17, 15) is 0 Å². The molecule has 0 bridgehead atoms. The van der Waals surface area contributed by atoms with Crippen molar-refractivity contribution in [1.29, 1.82) is 0 Å². The summed E-state index contributed by atoms with van der Waals surface area (Å²) in [5, 5.41) is 1.53. The Morgan fingerprint density at radius 1 is 1.44 bits per heavy atom. The highest BCUT2D eigenvalue weighted by Gasteiger charge is 2.20. The third-order valence-electron chi connectivity index (χ3n) is 3.12. The summed E-state index contributed by atoms with van der Waals surface area (Å²) in [6.45, 7) is 1.22. The molecule has 18 heavy (non-hydrogen) atoms. The number of rotatable bonds is 1. The molecule has 0 saturated heterocycles. The fraction of sp³-hybridized carbons (Fsp3) is 0.308. The van der Waals surface area contributed by atoms with Gasteiger partial charge in [0, 0.05) is 16.5 Å². The first-order chi connectivity index (χ1) is 8.72.